The lowest BCUT2D eigenvalue weighted by Crippen LogP contribution is -2.57. The van der Waals surface area contributed by atoms with Gasteiger partial charge in [-0.25, -0.2) is 0 Å². The summed E-state index contributed by atoms with van der Waals surface area (Å²) in [6, 6.07) is 12.0. The van der Waals surface area contributed by atoms with Gasteiger partial charge in [0.05, 0.1) is 0 Å². The molecule has 0 saturated carbocycles. The standard InChI is InChI=1S/C14H18N2/c1-2-7-13(8-3-1)16-11-12-6-4-5-9-14(16)10-15-12/h1-5,7-8,12,14-15H,6,9-11H2/b5-4-/t12-,14-/m0/s1. The van der Waals surface area contributed by atoms with Crippen molar-refractivity contribution in [3.63, 3.8) is 0 Å². The second-order valence-electron chi connectivity index (χ2n) is 4.69. The molecule has 1 N–H and O–H groups in total. The van der Waals surface area contributed by atoms with Crippen molar-refractivity contribution >= 4 is 5.69 Å². The lowest BCUT2D eigenvalue weighted by molar-refractivity contribution is 0.386. The fourth-order valence-corrected chi connectivity index (χ4v) is 2.68. The first kappa shape index (κ1) is 9.91. The van der Waals surface area contributed by atoms with Crippen LogP contribution in [-0.2, 0) is 0 Å². The molecule has 2 bridgehead atoms. The van der Waals surface area contributed by atoms with Crippen molar-refractivity contribution in [2.75, 3.05) is 18.0 Å². The van der Waals surface area contributed by atoms with Crippen LogP contribution in [0.25, 0.3) is 0 Å². The summed E-state index contributed by atoms with van der Waals surface area (Å²) in [5.74, 6) is 0. The number of rotatable bonds is 1. The van der Waals surface area contributed by atoms with E-state index in [1.54, 1.807) is 0 Å². The van der Waals surface area contributed by atoms with Crippen LogP contribution in [0.3, 0.4) is 0 Å². The third kappa shape index (κ3) is 1.85. The van der Waals surface area contributed by atoms with E-state index in [1.807, 2.05) is 0 Å². The molecule has 1 aromatic rings. The zero-order valence-corrected chi connectivity index (χ0v) is 9.47. The van der Waals surface area contributed by atoms with Crippen LogP contribution in [0.5, 0.6) is 0 Å². The lowest BCUT2D eigenvalue weighted by Gasteiger charge is -2.42. The smallest absolute Gasteiger partial charge is 0.0449 e. The Morgan fingerprint density at radius 1 is 1.06 bits per heavy atom. The van der Waals surface area contributed by atoms with Crippen molar-refractivity contribution in [1.82, 2.24) is 5.32 Å². The van der Waals surface area contributed by atoms with Gasteiger partial charge in [-0.2, -0.15) is 0 Å². The molecule has 0 spiro atoms. The molecular formula is C14H18N2. The molecule has 0 radical (unpaired) electrons. The van der Waals surface area contributed by atoms with Gasteiger partial charge in [0.1, 0.15) is 0 Å². The summed E-state index contributed by atoms with van der Waals surface area (Å²) in [6.45, 7) is 2.25. The minimum Gasteiger partial charge on any atom is -0.365 e. The molecule has 2 atom stereocenters. The van der Waals surface area contributed by atoms with Crippen LogP contribution in [0, 0.1) is 0 Å². The summed E-state index contributed by atoms with van der Waals surface area (Å²) in [5, 5.41) is 3.63. The summed E-state index contributed by atoms with van der Waals surface area (Å²) in [7, 11) is 0. The van der Waals surface area contributed by atoms with E-state index in [0.29, 0.717) is 12.1 Å². The molecule has 84 valence electrons. The third-order valence-corrected chi connectivity index (χ3v) is 3.58. The Bertz CT molecular complexity index is 372. The van der Waals surface area contributed by atoms with E-state index in [4.69, 9.17) is 0 Å². The van der Waals surface area contributed by atoms with Crippen molar-refractivity contribution in [2.24, 2.45) is 0 Å². The van der Waals surface area contributed by atoms with Gasteiger partial charge in [-0.05, 0) is 25.0 Å². The molecule has 16 heavy (non-hydrogen) atoms. The van der Waals surface area contributed by atoms with Crippen LogP contribution in [0.1, 0.15) is 12.8 Å². The first-order valence-electron chi connectivity index (χ1n) is 6.13. The topological polar surface area (TPSA) is 15.3 Å². The number of piperazine rings is 1. The molecule has 2 heteroatoms. The minimum absolute atomic E-state index is 0.619. The highest BCUT2D eigenvalue weighted by atomic mass is 15.2. The molecule has 1 aromatic carbocycles. The number of hydrogen-bond acceptors (Lipinski definition) is 2. The monoisotopic (exact) mass is 214 g/mol. The molecular weight excluding hydrogens is 196 g/mol. The second kappa shape index (κ2) is 4.30. The number of hydrogen-bond donors (Lipinski definition) is 1. The Morgan fingerprint density at radius 2 is 1.88 bits per heavy atom. The quantitative estimate of drug-likeness (QED) is 0.721. The van der Waals surface area contributed by atoms with Crippen LogP contribution in [0.15, 0.2) is 42.5 Å². The second-order valence-corrected chi connectivity index (χ2v) is 4.69. The number of fused-ring (bicyclic) bond motifs is 4. The molecule has 1 fully saturated rings. The SMILES string of the molecule is C1=C\C[C@H]2CN[C@@H](C/1)CN2c1ccccc1. The molecule has 1 saturated heterocycles. The maximum Gasteiger partial charge on any atom is 0.0449 e. The van der Waals surface area contributed by atoms with Crippen molar-refractivity contribution < 1.29 is 0 Å². The van der Waals surface area contributed by atoms with Crippen molar-refractivity contribution in [2.45, 2.75) is 24.9 Å². The Balaban J connectivity index is 1.88. The summed E-state index contributed by atoms with van der Waals surface area (Å²) in [6.07, 6.45) is 6.99. The number of benzene rings is 1. The van der Waals surface area contributed by atoms with E-state index in [-0.39, 0.29) is 0 Å². The number of nitrogens with zero attached hydrogens (tertiary/aromatic N) is 1. The molecule has 3 aliphatic rings. The highest BCUT2D eigenvalue weighted by Crippen LogP contribution is 2.23. The van der Waals surface area contributed by atoms with Crippen molar-refractivity contribution in [3.05, 3.63) is 42.5 Å². The summed E-state index contributed by atoms with van der Waals surface area (Å²) in [5.41, 5.74) is 1.37. The normalized spacial score (nSPS) is 30.9. The zero-order chi connectivity index (χ0) is 10.8. The van der Waals surface area contributed by atoms with E-state index in [1.165, 1.54) is 5.69 Å². The van der Waals surface area contributed by atoms with Crippen LogP contribution >= 0.6 is 0 Å². The fourth-order valence-electron chi connectivity index (χ4n) is 2.68. The van der Waals surface area contributed by atoms with E-state index in [0.717, 1.165) is 25.9 Å². The van der Waals surface area contributed by atoms with Gasteiger partial charge in [-0.15, -0.1) is 0 Å². The molecule has 3 heterocycles. The van der Waals surface area contributed by atoms with Crippen LogP contribution < -0.4 is 10.2 Å². The number of anilines is 1. The number of para-hydroxylation sites is 1. The van der Waals surface area contributed by atoms with Gasteiger partial charge in [0, 0.05) is 30.9 Å². The first-order valence-corrected chi connectivity index (χ1v) is 6.13. The summed E-state index contributed by atoms with van der Waals surface area (Å²) in [4.78, 5) is 2.56. The maximum atomic E-state index is 3.63. The van der Waals surface area contributed by atoms with Crippen LogP contribution in [0.4, 0.5) is 5.69 Å². The van der Waals surface area contributed by atoms with Crippen LogP contribution in [-0.4, -0.2) is 25.2 Å². The van der Waals surface area contributed by atoms with Gasteiger partial charge in [-0.3, -0.25) is 0 Å². The summed E-state index contributed by atoms with van der Waals surface area (Å²) >= 11 is 0. The molecule has 0 aromatic heterocycles. The highest BCUT2D eigenvalue weighted by Gasteiger charge is 2.27. The lowest BCUT2D eigenvalue weighted by atomic mass is 9.99. The van der Waals surface area contributed by atoms with Gasteiger partial charge in [0.25, 0.3) is 0 Å². The molecule has 3 aliphatic heterocycles. The average molecular weight is 214 g/mol. The van der Waals surface area contributed by atoms with E-state index < -0.39 is 0 Å². The number of nitrogens with one attached hydrogen (secondary N) is 1. The Labute approximate surface area is 97.0 Å². The van der Waals surface area contributed by atoms with E-state index >= 15 is 0 Å². The molecule has 0 unspecified atom stereocenters. The Morgan fingerprint density at radius 3 is 2.75 bits per heavy atom. The highest BCUT2D eigenvalue weighted by molar-refractivity contribution is 5.48. The third-order valence-electron chi connectivity index (χ3n) is 3.58. The zero-order valence-electron chi connectivity index (χ0n) is 9.47. The molecule has 0 aliphatic carbocycles. The predicted molar refractivity (Wildman–Crippen MR) is 67.7 cm³/mol. The largest absolute Gasteiger partial charge is 0.365 e. The van der Waals surface area contributed by atoms with Crippen LogP contribution in [0.2, 0.25) is 0 Å². The molecule has 4 rings (SSSR count). The summed E-state index contributed by atoms with van der Waals surface area (Å²) < 4.78 is 0. The maximum absolute atomic E-state index is 3.63. The predicted octanol–water partition coefficient (Wildman–Crippen LogP) is 2.18. The minimum atomic E-state index is 0.619. The Kier molecular flexibility index (Phi) is 2.66. The van der Waals surface area contributed by atoms with Crippen molar-refractivity contribution in [1.29, 1.82) is 0 Å². The van der Waals surface area contributed by atoms with Gasteiger partial charge in [0.15, 0.2) is 0 Å². The van der Waals surface area contributed by atoms with Gasteiger partial charge >= 0.3 is 0 Å². The van der Waals surface area contributed by atoms with E-state index in [9.17, 15) is 0 Å². The fraction of sp³-hybridized carbons (Fsp3) is 0.429. The van der Waals surface area contributed by atoms with Gasteiger partial charge < -0.3 is 10.2 Å². The molecule has 2 nitrogen and oxygen atoms in total. The van der Waals surface area contributed by atoms with Gasteiger partial charge in [0.2, 0.25) is 0 Å². The average Bonchev–Trinajstić information content (AvgIpc) is 2.30. The molecule has 0 amide bonds. The van der Waals surface area contributed by atoms with Gasteiger partial charge in [-0.1, -0.05) is 30.4 Å². The van der Waals surface area contributed by atoms with E-state index in [2.05, 4.69) is 52.7 Å². The van der Waals surface area contributed by atoms with Crippen molar-refractivity contribution in [3.8, 4) is 0 Å². The first-order chi connectivity index (χ1) is 7.93. The Hall–Kier alpha value is -1.28.